The van der Waals surface area contributed by atoms with Crippen LogP contribution in [-0.4, -0.2) is 56.7 Å². The highest BCUT2D eigenvalue weighted by atomic mass is 16.6. The number of hydrogen-bond acceptors (Lipinski definition) is 6. The smallest absolute Gasteiger partial charge is 0.319 e. The Kier molecular flexibility index (Phi) is 7.34. The molecule has 1 aliphatic heterocycles. The second-order valence-electron chi connectivity index (χ2n) is 6.20. The lowest BCUT2D eigenvalue weighted by molar-refractivity contribution is 0.100. The zero-order chi connectivity index (χ0) is 19.6. The minimum absolute atomic E-state index is 0.120. The normalized spacial score (nSPS) is 13.5. The first kappa shape index (κ1) is 19.8. The van der Waals surface area contributed by atoms with Crippen molar-refractivity contribution in [1.82, 2.24) is 10.6 Å². The Balaban J connectivity index is 1.29. The van der Waals surface area contributed by atoms with Crippen LogP contribution in [0.15, 0.2) is 48.5 Å². The molecule has 3 rings (SSSR count). The Labute approximate surface area is 163 Å². The number of carbonyl (C=O) groups excluding carboxylic acids is 1. The minimum atomic E-state index is -0.696. The van der Waals surface area contributed by atoms with E-state index >= 15 is 0 Å². The molecular weight excluding hydrogens is 362 g/mol. The second kappa shape index (κ2) is 10.4. The van der Waals surface area contributed by atoms with Crippen molar-refractivity contribution in [1.29, 1.82) is 0 Å². The van der Waals surface area contributed by atoms with Crippen molar-refractivity contribution in [3.63, 3.8) is 0 Å². The standard InChI is InChI=1S/C20H25N3O5/c24-16(14-28-18-8-4-7-17-19(18)27-12-11-26-17)13-21-9-10-22-20(25)23-15-5-2-1-3-6-15/h1-8,16,21,24H,9-14H2,(H2,22,23,25). The van der Waals surface area contributed by atoms with Crippen LogP contribution in [-0.2, 0) is 0 Å². The van der Waals surface area contributed by atoms with Crippen molar-refractivity contribution in [2.75, 3.05) is 44.8 Å². The van der Waals surface area contributed by atoms with Gasteiger partial charge in [-0.3, -0.25) is 0 Å². The van der Waals surface area contributed by atoms with Gasteiger partial charge in [-0.2, -0.15) is 0 Å². The molecule has 4 N–H and O–H groups in total. The van der Waals surface area contributed by atoms with Gasteiger partial charge in [0.15, 0.2) is 11.5 Å². The average Bonchev–Trinajstić information content (AvgIpc) is 2.72. The number of ether oxygens (including phenoxy) is 3. The molecule has 0 fully saturated rings. The summed E-state index contributed by atoms with van der Waals surface area (Å²) >= 11 is 0. The summed E-state index contributed by atoms with van der Waals surface area (Å²) in [4.78, 5) is 11.7. The zero-order valence-electron chi connectivity index (χ0n) is 15.5. The highest BCUT2D eigenvalue weighted by Crippen LogP contribution is 2.38. The van der Waals surface area contributed by atoms with E-state index in [0.717, 1.165) is 5.69 Å². The Hall–Kier alpha value is -2.97. The number of anilines is 1. The van der Waals surface area contributed by atoms with Crippen molar-refractivity contribution in [2.45, 2.75) is 6.10 Å². The van der Waals surface area contributed by atoms with E-state index in [2.05, 4.69) is 16.0 Å². The molecule has 0 bridgehead atoms. The van der Waals surface area contributed by atoms with Crippen molar-refractivity contribution in [3.8, 4) is 17.2 Å². The number of aliphatic hydroxyl groups excluding tert-OH is 1. The molecule has 0 aliphatic carbocycles. The van der Waals surface area contributed by atoms with Crippen LogP contribution in [0, 0.1) is 0 Å². The summed E-state index contributed by atoms with van der Waals surface area (Å²) in [6, 6.07) is 14.4. The SMILES string of the molecule is O=C(NCCNCC(O)COc1cccc2c1OCCO2)Nc1ccccc1. The zero-order valence-corrected chi connectivity index (χ0v) is 15.5. The molecule has 2 aromatic rings. The maximum atomic E-state index is 11.7. The fourth-order valence-electron chi connectivity index (χ4n) is 2.64. The fourth-order valence-corrected chi connectivity index (χ4v) is 2.64. The molecule has 1 atom stereocenters. The van der Waals surface area contributed by atoms with Gasteiger partial charge >= 0.3 is 6.03 Å². The molecule has 2 aromatic carbocycles. The first-order valence-electron chi connectivity index (χ1n) is 9.22. The van der Waals surface area contributed by atoms with Gasteiger partial charge in [-0.15, -0.1) is 0 Å². The van der Waals surface area contributed by atoms with Crippen LogP contribution in [0.1, 0.15) is 0 Å². The lowest BCUT2D eigenvalue weighted by atomic mass is 10.2. The number of urea groups is 1. The van der Waals surface area contributed by atoms with E-state index in [1.54, 1.807) is 6.07 Å². The summed E-state index contributed by atoms with van der Waals surface area (Å²) in [5.41, 5.74) is 0.734. The van der Waals surface area contributed by atoms with E-state index in [0.29, 0.717) is 50.1 Å². The topological polar surface area (TPSA) is 101 Å². The molecule has 0 saturated heterocycles. The molecule has 1 aliphatic rings. The Morgan fingerprint density at radius 1 is 1.07 bits per heavy atom. The number of para-hydroxylation sites is 2. The van der Waals surface area contributed by atoms with Gasteiger partial charge in [-0.05, 0) is 24.3 Å². The number of rotatable bonds is 9. The molecule has 28 heavy (non-hydrogen) atoms. The van der Waals surface area contributed by atoms with Gasteiger partial charge in [0.25, 0.3) is 0 Å². The summed E-state index contributed by atoms with van der Waals surface area (Å²) < 4.78 is 16.7. The van der Waals surface area contributed by atoms with E-state index < -0.39 is 6.10 Å². The highest BCUT2D eigenvalue weighted by molar-refractivity contribution is 5.89. The van der Waals surface area contributed by atoms with Crippen LogP contribution < -0.4 is 30.2 Å². The van der Waals surface area contributed by atoms with Gasteiger partial charge < -0.3 is 35.3 Å². The molecule has 8 nitrogen and oxygen atoms in total. The Morgan fingerprint density at radius 3 is 2.75 bits per heavy atom. The summed E-state index contributed by atoms with van der Waals surface area (Å²) in [6.45, 7) is 2.41. The van der Waals surface area contributed by atoms with Crippen LogP contribution in [0.2, 0.25) is 0 Å². The van der Waals surface area contributed by atoms with Crippen LogP contribution in [0.5, 0.6) is 17.2 Å². The minimum Gasteiger partial charge on any atom is -0.487 e. The van der Waals surface area contributed by atoms with Crippen molar-refractivity contribution >= 4 is 11.7 Å². The molecular formula is C20H25N3O5. The molecule has 0 radical (unpaired) electrons. The number of hydrogen-bond donors (Lipinski definition) is 4. The maximum Gasteiger partial charge on any atom is 0.319 e. The van der Waals surface area contributed by atoms with Crippen LogP contribution in [0.4, 0.5) is 10.5 Å². The summed E-state index contributed by atoms with van der Waals surface area (Å²) in [5.74, 6) is 1.77. The Bertz CT molecular complexity index is 757. The number of carbonyl (C=O) groups is 1. The van der Waals surface area contributed by atoms with Gasteiger partial charge in [-0.1, -0.05) is 24.3 Å². The molecule has 0 spiro atoms. The molecule has 150 valence electrons. The highest BCUT2D eigenvalue weighted by Gasteiger charge is 2.17. The van der Waals surface area contributed by atoms with Gasteiger partial charge in [0.1, 0.15) is 25.9 Å². The number of fused-ring (bicyclic) bond motifs is 1. The number of amides is 2. The predicted molar refractivity (Wildman–Crippen MR) is 105 cm³/mol. The predicted octanol–water partition coefficient (Wildman–Crippen LogP) is 1.61. The second-order valence-corrected chi connectivity index (χ2v) is 6.20. The van der Waals surface area contributed by atoms with Crippen LogP contribution >= 0.6 is 0 Å². The van der Waals surface area contributed by atoms with Crippen LogP contribution in [0.25, 0.3) is 0 Å². The monoisotopic (exact) mass is 387 g/mol. The summed E-state index contributed by atoms with van der Waals surface area (Å²) in [7, 11) is 0. The first-order valence-corrected chi connectivity index (χ1v) is 9.22. The van der Waals surface area contributed by atoms with E-state index in [9.17, 15) is 9.90 Å². The molecule has 0 saturated carbocycles. The summed E-state index contributed by atoms with van der Waals surface area (Å²) in [6.07, 6.45) is -0.696. The molecule has 2 amide bonds. The third-order valence-electron chi connectivity index (χ3n) is 3.96. The molecule has 1 heterocycles. The van der Waals surface area contributed by atoms with Crippen molar-refractivity contribution in [3.05, 3.63) is 48.5 Å². The lowest BCUT2D eigenvalue weighted by Crippen LogP contribution is -2.38. The van der Waals surface area contributed by atoms with E-state index in [-0.39, 0.29) is 12.6 Å². The number of nitrogens with one attached hydrogen (secondary N) is 3. The van der Waals surface area contributed by atoms with Crippen LogP contribution in [0.3, 0.4) is 0 Å². The van der Waals surface area contributed by atoms with Crippen molar-refractivity contribution < 1.29 is 24.1 Å². The number of benzene rings is 2. The first-order chi connectivity index (χ1) is 13.7. The quantitative estimate of drug-likeness (QED) is 0.488. The molecule has 8 heteroatoms. The average molecular weight is 387 g/mol. The van der Waals surface area contributed by atoms with Gasteiger partial charge in [0.2, 0.25) is 5.75 Å². The molecule has 1 unspecified atom stereocenters. The largest absolute Gasteiger partial charge is 0.487 e. The maximum absolute atomic E-state index is 11.7. The Morgan fingerprint density at radius 2 is 1.89 bits per heavy atom. The van der Waals surface area contributed by atoms with E-state index in [4.69, 9.17) is 14.2 Å². The van der Waals surface area contributed by atoms with Gasteiger partial charge in [-0.25, -0.2) is 4.79 Å². The van der Waals surface area contributed by atoms with E-state index in [1.165, 1.54) is 0 Å². The van der Waals surface area contributed by atoms with Gasteiger partial charge in [0, 0.05) is 25.3 Å². The summed E-state index contributed by atoms with van der Waals surface area (Å²) in [5, 5.41) is 18.6. The molecule has 0 aromatic heterocycles. The lowest BCUT2D eigenvalue weighted by Gasteiger charge is -2.21. The fraction of sp³-hybridized carbons (Fsp3) is 0.350. The van der Waals surface area contributed by atoms with E-state index in [1.807, 2.05) is 42.5 Å². The number of aliphatic hydroxyl groups is 1. The van der Waals surface area contributed by atoms with Gasteiger partial charge in [0.05, 0.1) is 0 Å². The van der Waals surface area contributed by atoms with Crippen molar-refractivity contribution in [2.24, 2.45) is 0 Å². The third kappa shape index (κ3) is 6.04. The third-order valence-corrected chi connectivity index (χ3v) is 3.96.